The van der Waals surface area contributed by atoms with E-state index in [0.29, 0.717) is 6.04 Å². The summed E-state index contributed by atoms with van der Waals surface area (Å²) in [7, 11) is 0. The Hall–Kier alpha value is -3.08. The summed E-state index contributed by atoms with van der Waals surface area (Å²) in [5, 5.41) is 43.6. The van der Waals surface area contributed by atoms with E-state index < -0.39 is 24.6 Å². The van der Waals surface area contributed by atoms with Crippen molar-refractivity contribution in [1.29, 1.82) is 0 Å². The third-order valence-electron chi connectivity index (χ3n) is 1.92. The predicted octanol–water partition coefficient (Wildman–Crippen LogP) is -2.56. The van der Waals surface area contributed by atoms with Crippen LogP contribution in [0.25, 0.3) is 0 Å². The van der Waals surface area contributed by atoms with E-state index in [1.165, 1.54) is 12.8 Å². The fourth-order valence-electron chi connectivity index (χ4n) is 0.860. The fourth-order valence-corrected chi connectivity index (χ4v) is 0.860. The summed E-state index contributed by atoms with van der Waals surface area (Å²) in [6.07, 6.45) is -2.46. The third kappa shape index (κ3) is 281. The predicted molar refractivity (Wildman–Crippen MR) is 133 cm³/mol. The molecule has 0 heterocycles. The van der Waals surface area contributed by atoms with Crippen LogP contribution in [-0.4, -0.2) is 68.2 Å². The quantitative estimate of drug-likeness (QED) is 0.120. The second-order valence-electron chi connectivity index (χ2n) is 6.92. The zero-order valence-corrected chi connectivity index (χ0v) is 24.9. The molecule has 0 bridgehead atoms. The molecule has 0 saturated carbocycles. The van der Waals surface area contributed by atoms with Gasteiger partial charge < -0.3 is 82.3 Å². The lowest BCUT2D eigenvalue weighted by atomic mass is 10.3. The van der Waals surface area contributed by atoms with Gasteiger partial charge in [0.1, 0.15) is 0 Å². The van der Waals surface area contributed by atoms with Gasteiger partial charge in [-0.2, -0.15) is 0 Å². The average Bonchev–Trinajstić information content (AvgIpc) is 2.68. The maximum absolute atomic E-state index is 9.54. The molecular weight excluding hydrogens is 512 g/mol. The summed E-state index contributed by atoms with van der Waals surface area (Å²) in [4.78, 5) is 36.7. The molecule has 0 aliphatic heterocycles. The summed E-state index contributed by atoms with van der Waals surface area (Å²) in [6, 6.07) is 0.583. The van der Waals surface area contributed by atoms with Gasteiger partial charge in [0.05, 0.1) is 19.1 Å². The minimum atomic E-state index is -2.08. The maximum atomic E-state index is 9.54. The van der Waals surface area contributed by atoms with Crippen LogP contribution in [0, 0.1) is 0 Å². The van der Waals surface area contributed by atoms with E-state index >= 15 is 0 Å². The third-order valence-corrected chi connectivity index (χ3v) is 1.92. The zero-order valence-electron chi connectivity index (χ0n) is 24.9. The molecule has 0 unspecified atom stereocenters. The van der Waals surface area contributed by atoms with Crippen LogP contribution in [0.4, 0.5) is 19.2 Å². The molecule has 0 aliphatic carbocycles. The topological polar surface area (TPSA) is 328 Å². The van der Waals surface area contributed by atoms with Crippen molar-refractivity contribution in [2.24, 2.45) is 0 Å². The SMILES string of the molecule is CC(C)OC(=O)[O-].CC(C)[NH3+].CCCCOC(=O)[O-].CCCC[NH3+].CCOC(=O)[O-].CC[NH3+].O=C([O-])O.[NH4+]. The molecule has 16 nitrogen and oxygen atoms in total. The first-order valence-corrected chi connectivity index (χ1v) is 11.8. The van der Waals surface area contributed by atoms with E-state index in [4.69, 9.17) is 15.0 Å². The Morgan fingerprint density at radius 1 is 0.763 bits per heavy atom. The molecule has 236 valence electrons. The smallest absolute Gasteiger partial charge is 0.252 e. The Morgan fingerprint density at radius 2 is 1.08 bits per heavy atom. The van der Waals surface area contributed by atoms with Crippen molar-refractivity contribution in [1.82, 2.24) is 6.15 Å². The Labute approximate surface area is 227 Å². The van der Waals surface area contributed by atoms with Gasteiger partial charge in [-0.25, -0.2) is 0 Å². The van der Waals surface area contributed by atoms with Gasteiger partial charge in [0.25, 0.3) is 18.5 Å². The van der Waals surface area contributed by atoms with Crippen molar-refractivity contribution in [2.45, 2.75) is 93.2 Å². The van der Waals surface area contributed by atoms with Crippen molar-refractivity contribution in [3.63, 3.8) is 0 Å². The van der Waals surface area contributed by atoms with Crippen molar-refractivity contribution >= 4 is 24.6 Å². The molecule has 0 saturated heterocycles. The molecule has 0 radical (unpaired) electrons. The average molecular weight is 569 g/mol. The van der Waals surface area contributed by atoms with Crippen molar-refractivity contribution in [2.75, 3.05) is 26.3 Å². The number of hydrogen-bond acceptors (Lipinski definition) is 11. The van der Waals surface area contributed by atoms with Crippen molar-refractivity contribution in [3.8, 4) is 0 Å². The van der Waals surface area contributed by atoms with Crippen LogP contribution >= 0.6 is 0 Å². The number of quaternary nitrogens is 4. The largest absolute Gasteiger partial charge is 0.565 e. The van der Waals surface area contributed by atoms with Gasteiger partial charge in [-0.15, -0.1) is 0 Å². The van der Waals surface area contributed by atoms with Crippen molar-refractivity contribution < 1.29 is 76.1 Å². The van der Waals surface area contributed by atoms with Gasteiger partial charge in [-0.1, -0.05) is 26.7 Å². The van der Waals surface area contributed by atoms with E-state index in [9.17, 15) is 29.7 Å². The lowest BCUT2D eigenvalue weighted by Gasteiger charge is -2.10. The van der Waals surface area contributed by atoms with E-state index in [1.807, 2.05) is 13.8 Å². The minimum Gasteiger partial charge on any atom is -0.565 e. The van der Waals surface area contributed by atoms with Gasteiger partial charge in [0.15, 0.2) is 0 Å². The summed E-state index contributed by atoms with van der Waals surface area (Å²) >= 11 is 0. The maximum Gasteiger partial charge on any atom is 0.252 e. The van der Waals surface area contributed by atoms with Gasteiger partial charge in [0, 0.05) is 19.3 Å². The molecular formula is C22H56N4O12. The lowest BCUT2D eigenvalue weighted by Crippen LogP contribution is -2.57. The van der Waals surface area contributed by atoms with Crippen LogP contribution < -0.4 is 43.8 Å². The summed E-state index contributed by atoms with van der Waals surface area (Å²) in [5.41, 5.74) is 10.8. The van der Waals surface area contributed by atoms with Gasteiger partial charge in [-0.05, 0) is 54.4 Å². The standard InChI is InChI=1S/C5H10O3.C4H11N.C4H8O3.C3H9N.C3H6O3.C2H7N.CH2O3.H3N/c1-2-3-4-8-5(6)7;1-2-3-4-5;1-3(2)7-4(5)6;1-3(2)4;1-2-6-3(4)5;1-2-3;2-1(3)4;/h2-4H2,1H3,(H,6,7);2-5H2,1H3;3H,1-2H3,(H,5,6);3H,4H2,1-2H3;2H2,1H3,(H,4,5);2-3H2,1H3;(H2,2,3,4);1H3. The fraction of sp³-hybridized carbons (Fsp3) is 0.818. The highest BCUT2D eigenvalue weighted by molar-refractivity contribution is 5.54. The number of unbranched alkanes of at least 4 members (excludes halogenated alkanes) is 2. The molecule has 0 amide bonds. The first kappa shape index (κ1) is 55.4. The normalized spacial score (nSPS) is 7.82. The van der Waals surface area contributed by atoms with E-state index in [1.54, 1.807) is 20.8 Å². The summed E-state index contributed by atoms with van der Waals surface area (Å²) in [6.45, 7) is 17.6. The Balaban J connectivity index is -0.0000000469. The molecule has 0 atom stereocenters. The highest BCUT2D eigenvalue weighted by Crippen LogP contribution is 1.85. The van der Waals surface area contributed by atoms with Crippen LogP contribution in [0.2, 0.25) is 0 Å². The first-order chi connectivity index (χ1) is 17.0. The van der Waals surface area contributed by atoms with Gasteiger partial charge >= 0.3 is 0 Å². The van der Waals surface area contributed by atoms with E-state index in [0.717, 1.165) is 25.9 Å². The molecule has 0 spiro atoms. The molecule has 0 aliphatic rings. The Morgan fingerprint density at radius 3 is 1.16 bits per heavy atom. The first-order valence-electron chi connectivity index (χ1n) is 11.8. The number of carboxylic acid groups (broad SMARTS) is 5. The highest BCUT2D eigenvalue weighted by Gasteiger charge is 1.85. The second kappa shape index (κ2) is 54.7. The molecule has 0 rings (SSSR count). The molecule has 0 aromatic rings. The highest BCUT2D eigenvalue weighted by atomic mass is 16.7. The number of rotatable bonds is 7. The van der Waals surface area contributed by atoms with Gasteiger partial charge in [0.2, 0.25) is 6.16 Å². The van der Waals surface area contributed by atoms with Crippen LogP contribution in [0.3, 0.4) is 0 Å². The lowest BCUT2D eigenvalue weighted by molar-refractivity contribution is -0.407. The zero-order chi connectivity index (χ0) is 31.2. The Kier molecular flexibility index (Phi) is 79.8. The summed E-state index contributed by atoms with van der Waals surface area (Å²) < 4.78 is 12.0. The van der Waals surface area contributed by atoms with Crippen LogP contribution in [0.15, 0.2) is 0 Å². The van der Waals surface area contributed by atoms with Crippen LogP contribution in [-0.2, 0) is 14.2 Å². The molecule has 16 heteroatoms. The number of carbonyl (C=O) groups excluding carboxylic acids is 3. The van der Waals surface area contributed by atoms with Crippen molar-refractivity contribution in [3.05, 3.63) is 0 Å². The Bertz CT molecular complexity index is 461. The van der Waals surface area contributed by atoms with Crippen LogP contribution in [0.1, 0.15) is 81.1 Å². The monoisotopic (exact) mass is 568 g/mol. The number of hydrogen-bond donors (Lipinski definition) is 5. The molecule has 0 fully saturated rings. The van der Waals surface area contributed by atoms with E-state index in [-0.39, 0.29) is 25.5 Å². The summed E-state index contributed by atoms with van der Waals surface area (Å²) in [5.74, 6) is 0. The second-order valence-corrected chi connectivity index (χ2v) is 6.92. The number of ether oxygens (including phenoxy) is 3. The molecule has 14 N–H and O–H groups in total. The molecule has 0 aromatic carbocycles. The molecule has 0 aromatic heterocycles. The number of carbonyl (C=O) groups is 4. The van der Waals surface area contributed by atoms with Crippen LogP contribution in [0.5, 0.6) is 0 Å². The minimum absolute atomic E-state index is 0. The molecule has 38 heavy (non-hydrogen) atoms. The van der Waals surface area contributed by atoms with Gasteiger partial charge in [-0.3, -0.25) is 0 Å². The van der Waals surface area contributed by atoms with E-state index in [2.05, 4.69) is 52.2 Å².